The molecule has 0 aliphatic rings. The number of hydrogen-bond donors (Lipinski definition) is 1. The summed E-state index contributed by atoms with van der Waals surface area (Å²) in [5.74, 6) is 0.503. The lowest BCUT2D eigenvalue weighted by molar-refractivity contribution is -0.121. The molecular weight excluding hydrogens is 323 g/mol. The Morgan fingerprint density at radius 1 is 1.36 bits per heavy atom. The summed E-state index contributed by atoms with van der Waals surface area (Å²) in [5, 5.41) is 6.73. The van der Waals surface area contributed by atoms with Gasteiger partial charge in [-0.2, -0.15) is 0 Å². The quantitative estimate of drug-likeness (QED) is 0.773. The molecule has 6 nitrogen and oxygen atoms in total. The Morgan fingerprint density at radius 3 is 2.72 bits per heavy atom. The average Bonchev–Trinajstić information content (AvgIpc) is 3.14. The Hall–Kier alpha value is -2.96. The van der Waals surface area contributed by atoms with Crippen LogP contribution in [0, 0.1) is 19.7 Å². The van der Waals surface area contributed by atoms with Crippen LogP contribution in [-0.4, -0.2) is 20.6 Å². The van der Waals surface area contributed by atoms with Gasteiger partial charge >= 0.3 is 0 Å². The second-order valence-corrected chi connectivity index (χ2v) is 5.90. The van der Waals surface area contributed by atoms with Crippen molar-refractivity contribution < 1.29 is 13.7 Å². The largest absolute Gasteiger partial charge is 0.361 e. The number of amides is 1. The highest BCUT2D eigenvalue weighted by Gasteiger charge is 2.24. The number of carbonyl (C=O) groups excluding carboxylic acids is 1. The average molecular weight is 342 g/mol. The fraction of sp³-hybridized carbons (Fsp3) is 0.278. The summed E-state index contributed by atoms with van der Waals surface area (Å²) in [6.07, 6.45) is 3.48. The topological polar surface area (TPSA) is 73.0 Å². The van der Waals surface area contributed by atoms with Crippen LogP contribution in [0.15, 0.2) is 41.2 Å². The predicted molar refractivity (Wildman–Crippen MR) is 89.3 cm³/mol. The molecule has 3 aromatic rings. The van der Waals surface area contributed by atoms with Gasteiger partial charge in [0, 0.05) is 30.6 Å². The lowest BCUT2D eigenvalue weighted by Gasteiger charge is -2.19. The third-order valence-corrected chi connectivity index (χ3v) is 4.16. The maximum Gasteiger partial charge on any atom is 0.225 e. The van der Waals surface area contributed by atoms with Gasteiger partial charge in [0.2, 0.25) is 5.91 Å². The van der Waals surface area contributed by atoms with E-state index < -0.39 is 11.9 Å². The molecule has 3 rings (SSSR count). The van der Waals surface area contributed by atoms with Crippen molar-refractivity contribution in [3.05, 3.63) is 70.9 Å². The number of rotatable bonds is 5. The molecule has 1 N–H and O–H groups in total. The van der Waals surface area contributed by atoms with Crippen molar-refractivity contribution in [1.29, 1.82) is 0 Å². The summed E-state index contributed by atoms with van der Waals surface area (Å²) in [4.78, 5) is 16.8. The number of nitrogens with one attached hydrogen (secondary N) is 1. The van der Waals surface area contributed by atoms with Gasteiger partial charge in [-0.25, -0.2) is 9.37 Å². The van der Waals surface area contributed by atoms with Gasteiger partial charge in [0.15, 0.2) is 0 Å². The van der Waals surface area contributed by atoms with Gasteiger partial charge < -0.3 is 14.4 Å². The maximum absolute atomic E-state index is 14.3. The zero-order valence-electron chi connectivity index (χ0n) is 14.3. The van der Waals surface area contributed by atoms with Crippen LogP contribution in [0.2, 0.25) is 0 Å². The molecule has 0 saturated heterocycles. The Labute approximate surface area is 144 Å². The molecule has 25 heavy (non-hydrogen) atoms. The number of carbonyl (C=O) groups is 1. The summed E-state index contributed by atoms with van der Waals surface area (Å²) < 4.78 is 21.2. The van der Waals surface area contributed by atoms with Crippen molar-refractivity contribution in [2.24, 2.45) is 7.05 Å². The molecule has 0 fully saturated rings. The Bertz CT molecular complexity index is 881. The molecule has 0 radical (unpaired) electrons. The first-order chi connectivity index (χ1) is 12.0. The van der Waals surface area contributed by atoms with E-state index in [1.807, 2.05) is 0 Å². The molecule has 130 valence electrons. The molecule has 0 bridgehead atoms. The number of halogens is 1. The molecule has 0 spiro atoms. The van der Waals surface area contributed by atoms with E-state index in [4.69, 9.17) is 4.52 Å². The van der Waals surface area contributed by atoms with Crippen LogP contribution in [0.25, 0.3) is 0 Å². The standard InChI is InChI=1S/C18H19FN4O2/c1-11-14(12(2)25-22-11)10-16(24)21-17(18-20-8-9-23(18)3)13-6-4-5-7-15(13)19/h4-9,17H,10H2,1-3H3,(H,21,24)/t17-/m1/s1. The normalized spacial score (nSPS) is 12.2. The lowest BCUT2D eigenvalue weighted by Crippen LogP contribution is -2.33. The van der Waals surface area contributed by atoms with E-state index in [0.717, 1.165) is 5.56 Å². The summed E-state index contributed by atoms with van der Waals surface area (Å²) in [6, 6.07) is 5.67. The Morgan fingerprint density at radius 2 is 2.12 bits per heavy atom. The number of hydrogen-bond acceptors (Lipinski definition) is 4. The molecule has 0 aliphatic heterocycles. The fourth-order valence-corrected chi connectivity index (χ4v) is 2.77. The van der Waals surface area contributed by atoms with E-state index in [9.17, 15) is 9.18 Å². The summed E-state index contributed by atoms with van der Waals surface area (Å²) in [5.41, 5.74) is 1.78. The van der Waals surface area contributed by atoms with Crippen LogP contribution >= 0.6 is 0 Å². The van der Waals surface area contributed by atoms with Gasteiger partial charge in [-0.3, -0.25) is 4.79 Å². The smallest absolute Gasteiger partial charge is 0.225 e. The predicted octanol–water partition coefficient (Wildman–Crippen LogP) is 2.61. The number of benzene rings is 1. The van der Waals surface area contributed by atoms with Crippen LogP contribution in [0.4, 0.5) is 4.39 Å². The fourth-order valence-electron chi connectivity index (χ4n) is 2.77. The molecule has 2 heterocycles. The maximum atomic E-state index is 14.3. The molecule has 1 atom stereocenters. The van der Waals surface area contributed by atoms with E-state index in [0.29, 0.717) is 22.8 Å². The van der Waals surface area contributed by atoms with E-state index in [1.165, 1.54) is 6.07 Å². The third kappa shape index (κ3) is 3.45. The molecule has 1 amide bonds. The van der Waals surface area contributed by atoms with Crippen molar-refractivity contribution in [2.45, 2.75) is 26.3 Å². The highest BCUT2D eigenvalue weighted by molar-refractivity contribution is 5.79. The van der Waals surface area contributed by atoms with Gasteiger partial charge in [-0.05, 0) is 19.9 Å². The molecule has 1 aromatic carbocycles. The van der Waals surface area contributed by atoms with Crippen molar-refractivity contribution in [3.63, 3.8) is 0 Å². The molecule has 7 heteroatoms. The molecule has 0 saturated carbocycles. The highest BCUT2D eigenvalue weighted by atomic mass is 19.1. The van der Waals surface area contributed by atoms with Crippen LogP contribution in [-0.2, 0) is 18.3 Å². The van der Waals surface area contributed by atoms with Gasteiger partial charge in [-0.1, -0.05) is 23.4 Å². The highest BCUT2D eigenvalue weighted by Crippen LogP contribution is 2.23. The zero-order chi connectivity index (χ0) is 18.0. The first-order valence-corrected chi connectivity index (χ1v) is 7.90. The van der Waals surface area contributed by atoms with E-state index >= 15 is 0 Å². The minimum absolute atomic E-state index is 0.108. The first-order valence-electron chi connectivity index (χ1n) is 7.90. The van der Waals surface area contributed by atoms with Gasteiger partial charge in [0.25, 0.3) is 0 Å². The lowest BCUT2D eigenvalue weighted by atomic mass is 10.0. The second-order valence-electron chi connectivity index (χ2n) is 5.90. The van der Waals surface area contributed by atoms with E-state index in [-0.39, 0.29) is 12.3 Å². The number of aryl methyl sites for hydroxylation is 3. The van der Waals surface area contributed by atoms with E-state index in [1.54, 1.807) is 56.1 Å². The number of aromatic nitrogens is 3. The minimum Gasteiger partial charge on any atom is -0.361 e. The summed E-state index contributed by atoms with van der Waals surface area (Å²) in [6.45, 7) is 3.54. The van der Waals surface area contributed by atoms with Crippen LogP contribution in [0.5, 0.6) is 0 Å². The number of imidazole rings is 1. The Kier molecular flexibility index (Phi) is 4.65. The van der Waals surface area contributed by atoms with Crippen molar-refractivity contribution in [2.75, 3.05) is 0 Å². The van der Waals surface area contributed by atoms with Crippen molar-refractivity contribution in [1.82, 2.24) is 20.0 Å². The monoisotopic (exact) mass is 342 g/mol. The Balaban J connectivity index is 1.90. The minimum atomic E-state index is -0.686. The van der Waals surface area contributed by atoms with Gasteiger partial charge in [-0.15, -0.1) is 0 Å². The van der Waals surface area contributed by atoms with Crippen molar-refractivity contribution >= 4 is 5.91 Å². The zero-order valence-corrected chi connectivity index (χ0v) is 14.3. The SMILES string of the molecule is Cc1noc(C)c1CC(=O)N[C@H](c1ccccc1F)c1nccn1C. The third-order valence-electron chi connectivity index (χ3n) is 4.16. The molecule has 2 aromatic heterocycles. The van der Waals surface area contributed by atoms with Crippen molar-refractivity contribution in [3.8, 4) is 0 Å². The van der Waals surface area contributed by atoms with Gasteiger partial charge in [0.05, 0.1) is 12.1 Å². The number of nitrogens with zero attached hydrogens (tertiary/aromatic N) is 3. The first kappa shape index (κ1) is 16.9. The second kappa shape index (κ2) is 6.88. The van der Waals surface area contributed by atoms with Crippen LogP contribution < -0.4 is 5.32 Å². The van der Waals surface area contributed by atoms with Crippen LogP contribution in [0.1, 0.15) is 34.4 Å². The molecule has 0 unspecified atom stereocenters. The summed E-state index contributed by atoms with van der Waals surface area (Å²) >= 11 is 0. The summed E-state index contributed by atoms with van der Waals surface area (Å²) in [7, 11) is 1.80. The van der Waals surface area contributed by atoms with Gasteiger partial charge in [0.1, 0.15) is 23.4 Å². The molecule has 0 aliphatic carbocycles. The molecular formula is C18H19FN4O2. The van der Waals surface area contributed by atoms with E-state index in [2.05, 4.69) is 15.5 Å². The van der Waals surface area contributed by atoms with Crippen LogP contribution in [0.3, 0.4) is 0 Å².